The molecule has 9 heteroatoms. The van der Waals surface area contributed by atoms with Gasteiger partial charge >= 0.3 is 5.97 Å². The van der Waals surface area contributed by atoms with Gasteiger partial charge < -0.3 is 20.3 Å². The van der Waals surface area contributed by atoms with Crippen LogP contribution < -0.4 is 5.32 Å². The van der Waals surface area contributed by atoms with Gasteiger partial charge in [0.15, 0.2) is 12.4 Å². The van der Waals surface area contributed by atoms with E-state index in [9.17, 15) is 33.8 Å². The Morgan fingerprint density at radius 1 is 1.12 bits per heavy atom. The average molecular weight is 568 g/mol. The molecule has 0 spiro atoms. The number of rotatable bonds is 8. The van der Waals surface area contributed by atoms with Gasteiger partial charge in [-0.1, -0.05) is 37.6 Å². The minimum absolute atomic E-state index is 0.00485. The molecule has 1 amide bonds. The zero-order valence-electron chi connectivity index (χ0n) is 23.5. The Kier molecular flexibility index (Phi) is 7.80. The Balaban J connectivity index is 1.17. The first-order valence-electron chi connectivity index (χ1n) is 14.4. The predicted octanol–water partition coefficient (Wildman–Crippen LogP) is 3.34. The lowest BCUT2D eigenvalue weighted by Gasteiger charge is -2.59. The van der Waals surface area contributed by atoms with Crippen molar-refractivity contribution >= 4 is 23.4 Å². The van der Waals surface area contributed by atoms with Crippen molar-refractivity contribution in [3.63, 3.8) is 0 Å². The number of Topliss-reactive ketones (excluding diaryl/α,β-unsaturated/α-hetero) is 1. The molecule has 4 aliphatic carbocycles. The molecule has 220 valence electrons. The number of nitrogens with one attached hydrogen (secondary N) is 1. The predicted molar refractivity (Wildman–Crippen MR) is 146 cm³/mol. The molecule has 0 aromatic heterocycles. The highest BCUT2D eigenvalue weighted by molar-refractivity contribution is 6.01. The second-order valence-corrected chi connectivity index (χ2v) is 12.6. The van der Waals surface area contributed by atoms with Crippen molar-refractivity contribution < 1.29 is 38.5 Å². The van der Waals surface area contributed by atoms with E-state index in [2.05, 4.69) is 12.2 Å². The highest BCUT2D eigenvalue weighted by atomic mass is 19.1. The summed E-state index contributed by atoms with van der Waals surface area (Å²) < 4.78 is 18.2. The summed E-state index contributed by atoms with van der Waals surface area (Å²) in [4.78, 5) is 49.8. The van der Waals surface area contributed by atoms with Crippen LogP contribution in [0.1, 0.15) is 64.4 Å². The third kappa shape index (κ3) is 5.18. The lowest BCUT2D eigenvalue weighted by molar-refractivity contribution is -0.181. The van der Waals surface area contributed by atoms with Crippen LogP contribution in [-0.2, 0) is 30.5 Å². The van der Waals surface area contributed by atoms with Crippen molar-refractivity contribution in [2.24, 2.45) is 28.6 Å². The normalized spacial score (nSPS) is 35.5. The summed E-state index contributed by atoms with van der Waals surface area (Å²) >= 11 is 0. The molecule has 0 bridgehead atoms. The average Bonchev–Trinajstić information content (AvgIpc) is 3.21. The van der Waals surface area contributed by atoms with Gasteiger partial charge in [-0.05, 0) is 73.8 Å². The largest absolute Gasteiger partial charge is 0.458 e. The summed E-state index contributed by atoms with van der Waals surface area (Å²) in [6.07, 6.45) is 6.61. The van der Waals surface area contributed by atoms with E-state index in [1.807, 2.05) is 13.0 Å². The number of halogens is 1. The van der Waals surface area contributed by atoms with Crippen LogP contribution >= 0.6 is 0 Å². The summed E-state index contributed by atoms with van der Waals surface area (Å²) in [5, 5.41) is 25.9. The maximum absolute atomic E-state index is 13.4. The van der Waals surface area contributed by atoms with Crippen LogP contribution in [0.3, 0.4) is 0 Å². The van der Waals surface area contributed by atoms with Crippen molar-refractivity contribution in [1.82, 2.24) is 5.32 Å². The molecule has 41 heavy (non-hydrogen) atoms. The summed E-state index contributed by atoms with van der Waals surface area (Å²) in [6, 6.07) is 5.70. The highest BCUT2D eigenvalue weighted by Gasteiger charge is 2.68. The van der Waals surface area contributed by atoms with E-state index in [0.29, 0.717) is 12.0 Å². The molecular formula is C32H38FNO7. The fourth-order valence-electron chi connectivity index (χ4n) is 8.23. The van der Waals surface area contributed by atoms with Gasteiger partial charge in [-0.2, -0.15) is 0 Å². The number of ether oxygens (including phenoxy) is 1. The van der Waals surface area contributed by atoms with E-state index in [4.69, 9.17) is 4.74 Å². The molecular weight excluding hydrogens is 529 g/mol. The number of carbonyl (C=O) groups excluding carboxylic acids is 4. The SMILES string of the molecule is CC12C=CC(=O)C=C1CCC1C2C(O)CC2(C)C1CCC2(O)C(=O)COC(=O)CCC(=O)NCc1ccc(F)cc1. The molecule has 4 aliphatic rings. The van der Waals surface area contributed by atoms with Gasteiger partial charge in [-0.15, -0.1) is 0 Å². The number of fused-ring (bicyclic) bond motifs is 5. The number of esters is 1. The van der Waals surface area contributed by atoms with Crippen LogP contribution in [0.4, 0.5) is 4.39 Å². The third-order valence-electron chi connectivity index (χ3n) is 10.4. The second-order valence-electron chi connectivity index (χ2n) is 12.6. The highest BCUT2D eigenvalue weighted by Crippen LogP contribution is 2.67. The molecule has 1 aromatic carbocycles. The van der Waals surface area contributed by atoms with E-state index < -0.39 is 40.9 Å². The molecule has 3 fully saturated rings. The molecule has 7 unspecified atom stereocenters. The topological polar surface area (TPSA) is 130 Å². The maximum Gasteiger partial charge on any atom is 0.306 e. The maximum atomic E-state index is 13.4. The van der Waals surface area contributed by atoms with E-state index in [1.165, 1.54) is 12.1 Å². The fraction of sp³-hybridized carbons (Fsp3) is 0.562. The lowest BCUT2D eigenvalue weighted by atomic mass is 9.46. The van der Waals surface area contributed by atoms with Gasteiger partial charge in [0.05, 0.1) is 12.5 Å². The number of hydrogen-bond donors (Lipinski definition) is 3. The molecule has 0 saturated heterocycles. The van der Waals surface area contributed by atoms with Gasteiger partial charge in [0.25, 0.3) is 0 Å². The van der Waals surface area contributed by atoms with Crippen molar-refractivity contribution in [3.8, 4) is 0 Å². The minimum atomic E-state index is -1.74. The Labute approximate surface area is 239 Å². The number of aliphatic hydroxyl groups is 2. The number of allylic oxidation sites excluding steroid dienone is 4. The first kappa shape index (κ1) is 29.3. The third-order valence-corrected chi connectivity index (χ3v) is 10.4. The second kappa shape index (κ2) is 10.9. The summed E-state index contributed by atoms with van der Waals surface area (Å²) in [5.41, 5.74) is -1.32. The molecule has 0 radical (unpaired) electrons. The van der Waals surface area contributed by atoms with Crippen molar-refractivity contribution in [2.45, 2.75) is 77.0 Å². The van der Waals surface area contributed by atoms with Crippen LogP contribution in [-0.4, -0.2) is 52.0 Å². The number of ketones is 2. The van der Waals surface area contributed by atoms with Crippen LogP contribution in [0.5, 0.6) is 0 Å². The molecule has 7 atom stereocenters. The molecule has 0 heterocycles. The summed E-state index contributed by atoms with van der Waals surface area (Å²) in [7, 11) is 0. The molecule has 1 aromatic rings. The number of amides is 1. The van der Waals surface area contributed by atoms with Crippen LogP contribution in [0.25, 0.3) is 0 Å². The van der Waals surface area contributed by atoms with Crippen molar-refractivity contribution in [3.05, 3.63) is 59.4 Å². The van der Waals surface area contributed by atoms with E-state index in [0.717, 1.165) is 18.4 Å². The smallest absolute Gasteiger partial charge is 0.306 e. The quantitative estimate of drug-likeness (QED) is 0.411. The van der Waals surface area contributed by atoms with Crippen LogP contribution in [0.2, 0.25) is 0 Å². The van der Waals surface area contributed by atoms with E-state index in [1.54, 1.807) is 24.3 Å². The number of benzene rings is 1. The first-order valence-corrected chi connectivity index (χ1v) is 14.4. The Bertz CT molecular complexity index is 1310. The Hall–Kier alpha value is -3.17. The number of carbonyl (C=O) groups is 4. The van der Waals surface area contributed by atoms with E-state index >= 15 is 0 Å². The standard InChI is InChI=1S/C32H38FNO7/c1-30-13-11-22(35)15-20(30)5-8-23-24-12-14-32(40,31(24,2)16-25(36)29(23)30)26(37)18-41-28(39)10-9-27(38)34-17-19-3-6-21(33)7-4-19/h3-4,6-7,11,13,15,23-25,29,36,40H,5,8-10,12,14,16-18H2,1-2H3,(H,34,38). The van der Waals surface area contributed by atoms with E-state index in [-0.39, 0.29) is 67.5 Å². The van der Waals surface area contributed by atoms with Crippen molar-refractivity contribution in [1.29, 1.82) is 0 Å². The molecule has 5 rings (SSSR count). The first-order chi connectivity index (χ1) is 19.4. The Morgan fingerprint density at radius 3 is 2.59 bits per heavy atom. The molecule has 3 N–H and O–H groups in total. The number of aliphatic hydroxyl groups excluding tert-OH is 1. The zero-order valence-corrected chi connectivity index (χ0v) is 23.5. The molecule has 3 saturated carbocycles. The monoisotopic (exact) mass is 567 g/mol. The molecule has 0 aliphatic heterocycles. The zero-order chi connectivity index (χ0) is 29.6. The van der Waals surface area contributed by atoms with Gasteiger partial charge in [-0.25, -0.2) is 4.39 Å². The summed E-state index contributed by atoms with van der Waals surface area (Å²) in [5.74, 6) is -2.15. The Morgan fingerprint density at radius 2 is 1.85 bits per heavy atom. The van der Waals surface area contributed by atoms with Crippen LogP contribution in [0.15, 0.2) is 48.1 Å². The summed E-state index contributed by atoms with van der Waals surface area (Å²) in [6.45, 7) is 3.52. The lowest BCUT2D eigenvalue weighted by Crippen LogP contribution is -2.61. The number of hydrogen-bond acceptors (Lipinski definition) is 7. The van der Waals surface area contributed by atoms with Gasteiger partial charge in [0.1, 0.15) is 11.4 Å². The fourth-order valence-corrected chi connectivity index (χ4v) is 8.23. The van der Waals surface area contributed by atoms with Crippen LogP contribution in [0, 0.1) is 34.4 Å². The van der Waals surface area contributed by atoms with Gasteiger partial charge in [-0.3, -0.25) is 19.2 Å². The molecule has 8 nitrogen and oxygen atoms in total. The minimum Gasteiger partial charge on any atom is -0.458 e. The van der Waals surface area contributed by atoms with Crippen molar-refractivity contribution in [2.75, 3.05) is 6.61 Å². The van der Waals surface area contributed by atoms with Gasteiger partial charge in [0, 0.05) is 29.7 Å². The van der Waals surface area contributed by atoms with Gasteiger partial charge in [0.2, 0.25) is 11.7 Å².